The average Bonchev–Trinajstić information content (AvgIpc) is 3.07. The molecular weight excluding hydrogens is 415 g/mol. The first-order valence-electron chi connectivity index (χ1n) is 9.46. The summed E-state index contributed by atoms with van der Waals surface area (Å²) in [6.45, 7) is 5.23. The maximum absolute atomic E-state index is 6.51. The van der Waals surface area contributed by atoms with Crippen LogP contribution in [0.5, 0.6) is 0 Å². The summed E-state index contributed by atoms with van der Waals surface area (Å²) in [5.74, 6) is 0. The number of anilines is 1. The van der Waals surface area contributed by atoms with Gasteiger partial charge in [-0.1, -0.05) is 46.9 Å². The van der Waals surface area contributed by atoms with Crippen LogP contribution in [-0.4, -0.2) is 55.3 Å². The van der Waals surface area contributed by atoms with Crippen molar-refractivity contribution in [1.82, 2.24) is 9.80 Å². The number of piperazine rings is 1. The Labute approximate surface area is 181 Å². The smallest absolute Gasteiger partial charge is 0.0829 e. The Morgan fingerprint density at radius 2 is 1.61 bits per heavy atom. The maximum atomic E-state index is 6.51. The molecule has 0 N–H and O–H groups in total. The molecule has 2 aromatic rings. The van der Waals surface area contributed by atoms with Crippen molar-refractivity contribution in [3.05, 3.63) is 63.1 Å². The average molecular weight is 438 g/mol. The summed E-state index contributed by atoms with van der Waals surface area (Å²) in [6, 6.07) is 13.7. The highest BCUT2D eigenvalue weighted by molar-refractivity contribution is 6.36. The fourth-order valence-corrected chi connectivity index (χ4v) is 4.39. The van der Waals surface area contributed by atoms with Gasteiger partial charge in [0.15, 0.2) is 0 Å². The Balaban J connectivity index is 1.61. The molecule has 2 heterocycles. The lowest BCUT2D eigenvalue weighted by Crippen LogP contribution is -2.46. The van der Waals surface area contributed by atoms with E-state index in [9.17, 15) is 0 Å². The monoisotopic (exact) mass is 436 g/mol. The van der Waals surface area contributed by atoms with E-state index in [-0.39, 0.29) is 6.04 Å². The lowest BCUT2D eigenvalue weighted by atomic mass is 10.0. The van der Waals surface area contributed by atoms with Crippen LogP contribution in [0.4, 0.5) is 5.69 Å². The zero-order valence-electron chi connectivity index (χ0n) is 15.8. The Morgan fingerprint density at radius 1 is 0.929 bits per heavy atom. The molecule has 4 rings (SSSR count). The predicted octanol–water partition coefficient (Wildman–Crippen LogP) is 5.20. The molecule has 4 nitrogen and oxygen atoms in total. The van der Waals surface area contributed by atoms with Gasteiger partial charge in [-0.25, -0.2) is 0 Å². The van der Waals surface area contributed by atoms with Crippen molar-refractivity contribution < 1.29 is 0 Å². The Morgan fingerprint density at radius 3 is 2.29 bits per heavy atom. The van der Waals surface area contributed by atoms with Crippen molar-refractivity contribution in [3.8, 4) is 0 Å². The molecule has 0 aromatic heterocycles. The number of hydrogen-bond donors (Lipinski definition) is 0. The second kappa shape index (κ2) is 8.60. The second-order valence-corrected chi connectivity index (χ2v) is 8.74. The molecule has 2 aliphatic heterocycles. The third-order valence-corrected chi connectivity index (χ3v) is 6.18. The van der Waals surface area contributed by atoms with Crippen LogP contribution in [0, 0.1) is 0 Å². The minimum Gasteiger partial charge on any atom is -0.304 e. The lowest BCUT2D eigenvalue weighted by Gasteiger charge is -2.32. The summed E-state index contributed by atoms with van der Waals surface area (Å²) >= 11 is 18.7. The summed E-state index contributed by atoms with van der Waals surface area (Å²) in [5, 5.41) is 8.97. The van der Waals surface area contributed by atoms with Crippen molar-refractivity contribution in [2.45, 2.75) is 12.5 Å². The SMILES string of the molecule is CN1CCN(CC2=NN(c3ccc(Cl)cc3Cl)C(c3ccc(Cl)cc3)C2)CC1. The fraction of sp³-hybridized carbons (Fsp3) is 0.381. The predicted molar refractivity (Wildman–Crippen MR) is 119 cm³/mol. The summed E-state index contributed by atoms with van der Waals surface area (Å²) in [6.07, 6.45) is 0.868. The summed E-state index contributed by atoms with van der Waals surface area (Å²) < 4.78 is 0. The van der Waals surface area contributed by atoms with Gasteiger partial charge in [0.1, 0.15) is 0 Å². The van der Waals surface area contributed by atoms with Crippen LogP contribution >= 0.6 is 34.8 Å². The molecule has 0 amide bonds. The quantitative estimate of drug-likeness (QED) is 0.656. The normalized spacial score (nSPS) is 21.2. The van der Waals surface area contributed by atoms with Gasteiger partial charge in [0, 0.05) is 49.2 Å². The molecule has 1 fully saturated rings. The summed E-state index contributed by atoms with van der Waals surface area (Å²) in [7, 11) is 2.17. The zero-order chi connectivity index (χ0) is 19.7. The largest absolute Gasteiger partial charge is 0.304 e. The van der Waals surface area contributed by atoms with Gasteiger partial charge in [0.25, 0.3) is 0 Å². The van der Waals surface area contributed by atoms with Crippen molar-refractivity contribution in [2.24, 2.45) is 5.10 Å². The van der Waals surface area contributed by atoms with E-state index in [0.717, 1.165) is 49.9 Å². The number of rotatable bonds is 4. The Hall–Kier alpha value is -1.30. The molecule has 1 unspecified atom stereocenters. The van der Waals surface area contributed by atoms with Crippen LogP contribution in [-0.2, 0) is 0 Å². The Kier molecular flexibility index (Phi) is 6.14. The van der Waals surface area contributed by atoms with Gasteiger partial charge in [-0.05, 0) is 42.9 Å². The van der Waals surface area contributed by atoms with E-state index in [1.807, 2.05) is 29.3 Å². The maximum Gasteiger partial charge on any atom is 0.0829 e. The molecule has 0 aliphatic carbocycles. The standard InChI is InChI=1S/C21H23Cl3N4/c1-26-8-10-27(11-9-26)14-18-13-21(15-2-4-16(22)5-3-15)28(25-18)20-7-6-17(23)12-19(20)24/h2-7,12,21H,8-11,13-14H2,1H3. The van der Waals surface area contributed by atoms with Crippen molar-refractivity contribution >= 4 is 46.2 Å². The van der Waals surface area contributed by atoms with E-state index < -0.39 is 0 Å². The van der Waals surface area contributed by atoms with Gasteiger partial charge in [0.05, 0.1) is 22.5 Å². The van der Waals surface area contributed by atoms with Gasteiger partial charge < -0.3 is 4.90 Å². The van der Waals surface area contributed by atoms with Crippen LogP contribution in [0.3, 0.4) is 0 Å². The summed E-state index contributed by atoms with van der Waals surface area (Å²) in [5.41, 5.74) is 3.22. The van der Waals surface area contributed by atoms with Crippen LogP contribution in [0.15, 0.2) is 47.6 Å². The molecular formula is C21H23Cl3N4. The minimum atomic E-state index is 0.0957. The molecule has 1 saturated heterocycles. The van der Waals surface area contributed by atoms with Gasteiger partial charge in [-0.3, -0.25) is 9.91 Å². The van der Waals surface area contributed by atoms with Crippen molar-refractivity contribution in [2.75, 3.05) is 44.8 Å². The summed E-state index contributed by atoms with van der Waals surface area (Å²) in [4.78, 5) is 4.84. The minimum absolute atomic E-state index is 0.0957. The van der Waals surface area contributed by atoms with Crippen LogP contribution in [0.1, 0.15) is 18.0 Å². The van der Waals surface area contributed by atoms with E-state index in [1.54, 1.807) is 6.07 Å². The highest BCUT2D eigenvalue weighted by Gasteiger charge is 2.31. The van der Waals surface area contributed by atoms with Gasteiger partial charge in [0.2, 0.25) is 0 Å². The van der Waals surface area contributed by atoms with Crippen LogP contribution in [0.25, 0.3) is 0 Å². The van der Waals surface area contributed by atoms with E-state index in [0.29, 0.717) is 10.0 Å². The zero-order valence-corrected chi connectivity index (χ0v) is 18.1. The second-order valence-electron chi connectivity index (χ2n) is 7.46. The first-order valence-corrected chi connectivity index (χ1v) is 10.6. The van der Waals surface area contributed by atoms with Gasteiger partial charge >= 0.3 is 0 Å². The first-order chi connectivity index (χ1) is 13.5. The van der Waals surface area contributed by atoms with E-state index in [2.05, 4.69) is 29.0 Å². The number of hydrogen-bond acceptors (Lipinski definition) is 4. The van der Waals surface area contributed by atoms with E-state index in [4.69, 9.17) is 39.9 Å². The first kappa shape index (κ1) is 20.0. The number of hydrazone groups is 1. The fourth-order valence-electron chi connectivity index (χ4n) is 3.77. The third kappa shape index (κ3) is 4.47. The molecule has 0 bridgehead atoms. The van der Waals surface area contributed by atoms with Crippen LogP contribution < -0.4 is 5.01 Å². The number of benzene rings is 2. The highest BCUT2D eigenvalue weighted by atomic mass is 35.5. The van der Waals surface area contributed by atoms with E-state index >= 15 is 0 Å². The van der Waals surface area contributed by atoms with E-state index in [1.165, 1.54) is 11.3 Å². The Bertz CT molecular complexity index is 860. The molecule has 2 aliphatic rings. The van der Waals surface area contributed by atoms with Gasteiger partial charge in [-0.2, -0.15) is 5.10 Å². The molecule has 0 spiro atoms. The number of nitrogens with zero attached hydrogens (tertiary/aromatic N) is 4. The van der Waals surface area contributed by atoms with Crippen molar-refractivity contribution in [1.29, 1.82) is 0 Å². The topological polar surface area (TPSA) is 22.1 Å². The molecule has 148 valence electrons. The highest BCUT2D eigenvalue weighted by Crippen LogP contribution is 2.40. The molecule has 7 heteroatoms. The number of halogens is 3. The molecule has 0 saturated carbocycles. The lowest BCUT2D eigenvalue weighted by molar-refractivity contribution is 0.170. The number of likely N-dealkylation sites (N-methyl/N-ethyl adjacent to an activating group) is 1. The molecule has 1 atom stereocenters. The molecule has 0 radical (unpaired) electrons. The molecule has 28 heavy (non-hydrogen) atoms. The van der Waals surface area contributed by atoms with Crippen molar-refractivity contribution in [3.63, 3.8) is 0 Å². The van der Waals surface area contributed by atoms with Crippen LogP contribution in [0.2, 0.25) is 15.1 Å². The molecule has 2 aromatic carbocycles. The third-order valence-electron chi connectivity index (χ3n) is 5.39. The van der Waals surface area contributed by atoms with Gasteiger partial charge in [-0.15, -0.1) is 0 Å².